The zero-order valence-corrected chi connectivity index (χ0v) is 17.0. The number of rotatable bonds is 5. The van der Waals surface area contributed by atoms with Gasteiger partial charge in [-0.2, -0.15) is 5.26 Å². The van der Waals surface area contributed by atoms with E-state index in [1.54, 1.807) is 49.4 Å². The molecule has 30 heavy (non-hydrogen) atoms. The lowest BCUT2D eigenvalue weighted by atomic mass is 10.1. The van der Waals surface area contributed by atoms with E-state index in [0.29, 0.717) is 26.9 Å². The molecule has 0 saturated heterocycles. The fourth-order valence-electron chi connectivity index (χ4n) is 2.61. The third-order valence-corrected chi connectivity index (χ3v) is 4.82. The van der Waals surface area contributed by atoms with Gasteiger partial charge < -0.3 is 9.73 Å². The van der Waals surface area contributed by atoms with E-state index in [9.17, 15) is 20.2 Å². The highest BCUT2D eigenvalue weighted by Crippen LogP contribution is 2.30. The first-order valence-corrected chi connectivity index (χ1v) is 9.27. The number of hydrogen-bond donors (Lipinski definition) is 1. The van der Waals surface area contributed by atoms with Crippen molar-refractivity contribution in [1.82, 2.24) is 0 Å². The van der Waals surface area contributed by atoms with Crippen molar-refractivity contribution in [3.05, 3.63) is 85.6 Å². The van der Waals surface area contributed by atoms with Crippen LogP contribution in [0.5, 0.6) is 0 Å². The molecule has 1 heterocycles. The Morgan fingerprint density at radius 3 is 2.60 bits per heavy atom. The van der Waals surface area contributed by atoms with Crippen LogP contribution in [0.2, 0.25) is 10.0 Å². The summed E-state index contributed by atoms with van der Waals surface area (Å²) in [5.41, 5.74) is 0.789. The van der Waals surface area contributed by atoms with Crippen LogP contribution < -0.4 is 5.32 Å². The molecular formula is C21H13Cl2N3O4. The quantitative estimate of drug-likeness (QED) is 0.225. The van der Waals surface area contributed by atoms with Crippen LogP contribution in [0.15, 0.2) is 58.5 Å². The third-order valence-electron chi connectivity index (χ3n) is 4.08. The average molecular weight is 442 g/mol. The first-order chi connectivity index (χ1) is 14.3. The third kappa shape index (κ3) is 4.69. The number of nitrogens with zero attached hydrogens (tertiary/aromatic N) is 2. The van der Waals surface area contributed by atoms with Gasteiger partial charge in [-0.3, -0.25) is 14.9 Å². The normalized spacial score (nSPS) is 11.1. The molecule has 9 heteroatoms. The minimum atomic E-state index is -0.794. The van der Waals surface area contributed by atoms with Crippen LogP contribution in [-0.2, 0) is 4.79 Å². The Balaban J connectivity index is 1.85. The zero-order chi connectivity index (χ0) is 21.8. The number of nitriles is 1. The smallest absolute Gasteiger partial charge is 0.293 e. The lowest BCUT2D eigenvalue weighted by molar-refractivity contribution is -0.384. The summed E-state index contributed by atoms with van der Waals surface area (Å²) in [4.78, 5) is 23.1. The molecule has 1 N–H and O–H groups in total. The van der Waals surface area contributed by atoms with E-state index in [4.69, 9.17) is 27.6 Å². The molecule has 0 aliphatic heterocycles. The summed E-state index contributed by atoms with van der Waals surface area (Å²) in [6.07, 6.45) is 1.25. The van der Waals surface area contributed by atoms with Gasteiger partial charge in [-0.15, -0.1) is 0 Å². The van der Waals surface area contributed by atoms with Gasteiger partial charge in [-0.1, -0.05) is 29.3 Å². The van der Waals surface area contributed by atoms with Gasteiger partial charge in [0.2, 0.25) is 0 Å². The summed E-state index contributed by atoms with van der Waals surface area (Å²) in [6, 6.07) is 14.4. The first kappa shape index (κ1) is 21.1. The van der Waals surface area contributed by atoms with Crippen molar-refractivity contribution >= 4 is 46.6 Å². The molecular weight excluding hydrogens is 429 g/mol. The summed E-state index contributed by atoms with van der Waals surface area (Å²) >= 11 is 11.9. The molecule has 0 saturated carbocycles. The maximum absolute atomic E-state index is 12.5. The number of aryl methyl sites for hydroxylation is 1. The predicted octanol–water partition coefficient (Wildman–Crippen LogP) is 6.02. The Hall–Kier alpha value is -3.60. The van der Waals surface area contributed by atoms with Crippen molar-refractivity contribution in [2.75, 3.05) is 5.32 Å². The van der Waals surface area contributed by atoms with E-state index >= 15 is 0 Å². The second-order valence-electron chi connectivity index (χ2n) is 6.23. The second kappa shape index (κ2) is 8.82. The molecule has 0 aliphatic carbocycles. The maximum Gasteiger partial charge on any atom is 0.293 e. The van der Waals surface area contributed by atoms with Gasteiger partial charge in [-0.25, -0.2) is 0 Å². The summed E-state index contributed by atoms with van der Waals surface area (Å²) in [5.74, 6) is -0.0789. The minimum absolute atomic E-state index is 0.00677. The van der Waals surface area contributed by atoms with Gasteiger partial charge in [0.1, 0.15) is 28.9 Å². The lowest BCUT2D eigenvalue weighted by Crippen LogP contribution is -2.14. The number of carbonyl (C=O) groups excluding carboxylic acids is 1. The van der Waals surface area contributed by atoms with Gasteiger partial charge in [0.15, 0.2) is 0 Å². The van der Waals surface area contributed by atoms with Crippen LogP contribution in [0.1, 0.15) is 11.3 Å². The molecule has 1 amide bonds. The first-order valence-electron chi connectivity index (χ1n) is 8.52. The van der Waals surface area contributed by atoms with Crippen LogP contribution in [-0.4, -0.2) is 10.8 Å². The molecule has 3 rings (SSSR count). The molecule has 0 aliphatic rings. The number of hydrogen-bond acceptors (Lipinski definition) is 5. The van der Waals surface area contributed by atoms with Gasteiger partial charge in [0.05, 0.1) is 15.0 Å². The van der Waals surface area contributed by atoms with E-state index in [1.165, 1.54) is 18.2 Å². The number of carbonyl (C=O) groups is 1. The topological polar surface area (TPSA) is 109 Å². The number of anilines is 1. The van der Waals surface area contributed by atoms with E-state index in [0.717, 1.165) is 0 Å². The summed E-state index contributed by atoms with van der Waals surface area (Å²) < 4.78 is 5.66. The summed E-state index contributed by atoms with van der Waals surface area (Å²) in [6.45, 7) is 1.70. The predicted molar refractivity (Wildman–Crippen MR) is 114 cm³/mol. The van der Waals surface area contributed by atoms with Crippen molar-refractivity contribution < 1.29 is 14.1 Å². The second-order valence-corrected chi connectivity index (χ2v) is 7.05. The van der Waals surface area contributed by atoms with E-state index in [-0.39, 0.29) is 22.7 Å². The number of halogens is 2. The molecule has 0 atom stereocenters. The molecule has 0 spiro atoms. The summed E-state index contributed by atoms with van der Waals surface area (Å²) in [5, 5.41) is 23.7. The molecule has 3 aromatic rings. The number of nitro benzene ring substituents is 1. The number of furan rings is 1. The molecule has 0 bridgehead atoms. The Morgan fingerprint density at radius 1 is 1.17 bits per heavy atom. The largest absolute Gasteiger partial charge is 0.457 e. The fraction of sp³-hybridized carbons (Fsp3) is 0.0476. The molecule has 150 valence electrons. The number of benzene rings is 2. The van der Waals surface area contributed by atoms with Crippen molar-refractivity contribution in [2.24, 2.45) is 0 Å². The van der Waals surface area contributed by atoms with E-state index < -0.39 is 10.8 Å². The Bertz CT molecular complexity index is 1230. The number of amides is 1. The highest BCUT2D eigenvalue weighted by atomic mass is 35.5. The van der Waals surface area contributed by atoms with Gasteiger partial charge in [0, 0.05) is 17.7 Å². The highest BCUT2D eigenvalue weighted by molar-refractivity contribution is 6.42. The molecule has 0 radical (unpaired) electrons. The zero-order valence-electron chi connectivity index (χ0n) is 15.5. The standard InChI is InChI=1S/C21H13Cl2N3O4/c1-12-2-6-18(19(8-12)26(28)29)25-21(27)14(11-24)9-15-4-7-20(30-15)13-3-5-16(22)17(23)10-13/h2-10H,1H3,(H,25,27)/b14-9+. The SMILES string of the molecule is Cc1ccc(NC(=O)/C(C#N)=C/c2ccc(-c3ccc(Cl)c(Cl)c3)o2)c([N+](=O)[O-])c1. The Labute approximate surface area is 181 Å². The number of nitrogens with one attached hydrogen (secondary N) is 1. The van der Waals surface area contributed by atoms with E-state index in [2.05, 4.69) is 5.32 Å². The van der Waals surface area contributed by atoms with Crippen LogP contribution in [0.3, 0.4) is 0 Å². The number of nitro groups is 1. The molecule has 2 aromatic carbocycles. The monoisotopic (exact) mass is 441 g/mol. The highest BCUT2D eigenvalue weighted by Gasteiger charge is 2.18. The van der Waals surface area contributed by atoms with Crippen molar-refractivity contribution in [2.45, 2.75) is 6.92 Å². The van der Waals surface area contributed by atoms with Crippen LogP contribution in [0.4, 0.5) is 11.4 Å². The van der Waals surface area contributed by atoms with E-state index in [1.807, 2.05) is 0 Å². The van der Waals surface area contributed by atoms with Gasteiger partial charge in [0.25, 0.3) is 11.6 Å². The molecule has 0 fully saturated rings. The van der Waals surface area contributed by atoms with Crippen molar-refractivity contribution in [3.63, 3.8) is 0 Å². The molecule has 0 unspecified atom stereocenters. The van der Waals surface area contributed by atoms with Crippen LogP contribution in [0, 0.1) is 28.4 Å². The van der Waals surface area contributed by atoms with Crippen LogP contribution >= 0.6 is 23.2 Å². The minimum Gasteiger partial charge on any atom is -0.457 e. The van der Waals surface area contributed by atoms with Gasteiger partial charge >= 0.3 is 0 Å². The molecule has 7 nitrogen and oxygen atoms in total. The maximum atomic E-state index is 12.5. The molecule has 1 aromatic heterocycles. The summed E-state index contributed by atoms with van der Waals surface area (Å²) in [7, 11) is 0. The Kier molecular flexibility index (Phi) is 6.21. The fourth-order valence-corrected chi connectivity index (χ4v) is 2.91. The van der Waals surface area contributed by atoms with Crippen LogP contribution in [0.25, 0.3) is 17.4 Å². The Morgan fingerprint density at radius 2 is 1.93 bits per heavy atom. The van der Waals surface area contributed by atoms with Gasteiger partial charge in [-0.05, 0) is 48.9 Å². The van der Waals surface area contributed by atoms with Crippen molar-refractivity contribution in [3.8, 4) is 17.4 Å². The van der Waals surface area contributed by atoms with Crippen molar-refractivity contribution in [1.29, 1.82) is 5.26 Å². The lowest BCUT2D eigenvalue weighted by Gasteiger charge is -2.06. The average Bonchev–Trinajstić information content (AvgIpc) is 3.18.